The third-order valence-electron chi connectivity index (χ3n) is 4.70. The predicted octanol–water partition coefficient (Wildman–Crippen LogP) is 4.49. The molecule has 4 aromatic rings. The minimum Gasteiger partial charge on any atom is -0.493 e. The molecule has 0 saturated carbocycles. The van der Waals surface area contributed by atoms with Crippen LogP contribution in [-0.4, -0.2) is 45.6 Å². The Hall–Kier alpha value is -3.44. The van der Waals surface area contributed by atoms with Gasteiger partial charge in [0.05, 0.1) is 25.7 Å². The SMILES string of the molecule is COc1ccc(-c2csc(NC(=O)CSc3nnc(-c4ccc(F)cc4)n3C)n2)cc1OC. The molecule has 0 aliphatic heterocycles. The van der Waals surface area contributed by atoms with Gasteiger partial charge in [0.1, 0.15) is 5.82 Å². The molecule has 11 heteroatoms. The molecular formula is C22H20FN5O3S2. The second-order valence-electron chi connectivity index (χ2n) is 6.82. The molecule has 0 spiro atoms. The van der Waals surface area contributed by atoms with Gasteiger partial charge in [-0.1, -0.05) is 11.8 Å². The van der Waals surface area contributed by atoms with E-state index < -0.39 is 0 Å². The van der Waals surface area contributed by atoms with Crippen LogP contribution in [-0.2, 0) is 11.8 Å². The number of carbonyl (C=O) groups excluding carboxylic acids is 1. The molecule has 1 amide bonds. The first-order valence-corrected chi connectivity index (χ1v) is 11.6. The quantitative estimate of drug-likeness (QED) is 0.368. The number of anilines is 1. The molecule has 0 aliphatic carbocycles. The molecule has 2 aromatic carbocycles. The topological polar surface area (TPSA) is 91.2 Å². The molecule has 0 saturated heterocycles. The van der Waals surface area contributed by atoms with E-state index >= 15 is 0 Å². The smallest absolute Gasteiger partial charge is 0.236 e. The van der Waals surface area contributed by atoms with Crippen molar-refractivity contribution in [1.82, 2.24) is 19.7 Å². The fourth-order valence-corrected chi connectivity index (χ4v) is 4.48. The molecule has 0 bridgehead atoms. The highest BCUT2D eigenvalue weighted by atomic mass is 32.2. The van der Waals surface area contributed by atoms with E-state index in [0.717, 1.165) is 16.8 Å². The second kappa shape index (κ2) is 10.0. The lowest BCUT2D eigenvalue weighted by atomic mass is 10.1. The first-order valence-electron chi connectivity index (χ1n) is 9.74. The fraction of sp³-hybridized carbons (Fsp3) is 0.182. The maximum atomic E-state index is 13.2. The van der Waals surface area contributed by atoms with Gasteiger partial charge in [0.15, 0.2) is 27.6 Å². The summed E-state index contributed by atoms with van der Waals surface area (Å²) in [6, 6.07) is 11.5. The summed E-state index contributed by atoms with van der Waals surface area (Å²) in [5.74, 6) is 1.45. The summed E-state index contributed by atoms with van der Waals surface area (Å²) < 4.78 is 25.5. The molecule has 0 atom stereocenters. The molecule has 8 nitrogen and oxygen atoms in total. The molecule has 0 aliphatic rings. The number of ether oxygens (including phenoxy) is 2. The molecule has 0 fully saturated rings. The number of methoxy groups -OCH3 is 2. The van der Waals surface area contributed by atoms with E-state index in [9.17, 15) is 9.18 Å². The number of halogens is 1. The number of thiazole rings is 1. The van der Waals surface area contributed by atoms with Crippen LogP contribution in [0.25, 0.3) is 22.6 Å². The zero-order valence-electron chi connectivity index (χ0n) is 18.0. The highest BCUT2D eigenvalue weighted by Gasteiger charge is 2.15. The lowest BCUT2D eigenvalue weighted by molar-refractivity contribution is -0.113. The van der Waals surface area contributed by atoms with E-state index in [4.69, 9.17) is 9.47 Å². The van der Waals surface area contributed by atoms with Gasteiger partial charge in [-0.25, -0.2) is 9.37 Å². The van der Waals surface area contributed by atoms with E-state index in [0.29, 0.717) is 27.6 Å². The van der Waals surface area contributed by atoms with Crippen molar-refractivity contribution in [3.63, 3.8) is 0 Å². The van der Waals surface area contributed by atoms with Crippen molar-refractivity contribution in [2.75, 3.05) is 25.3 Å². The number of thioether (sulfide) groups is 1. The summed E-state index contributed by atoms with van der Waals surface area (Å²) in [4.78, 5) is 16.9. The Bertz CT molecular complexity index is 1270. The van der Waals surface area contributed by atoms with Crippen molar-refractivity contribution in [1.29, 1.82) is 0 Å². The summed E-state index contributed by atoms with van der Waals surface area (Å²) in [6.45, 7) is 0. The van der Waals surface area contributed by atoms with Gasteiger partial charge < -0.3 is 19.4 Å². The van der Waals surface area contributed by atoms with E-state index in [-0.39, 0.29) is 17.5 Å². The second-order valence-corrected chi connectivity index (χ2v) is 8.62. The average molecular weight is 486 g/mol. The highest BCUT2D eigenvalue weighted by Crippen LogP contribution is 2.33. The minimum absolute atomic E-state index is 0.140. The molecule has 170 valence electrons. The first kappa shape index (κ1) is 22.7. The summed E-state index contributed by atoms with van der Waals surface area (Å²) >= 11 is 2.59. The van der Waals surface area contributed by atoms with Crippen LogP contribution in [0.5, 0.6) is 11.5 Å². The molecule has 33 heavy (non-hydrogen) atoms. The monoisotopic (exact) mass is 485 g/mol. The molecular weight excluding hydrogens is 465 g/mol. The van der Waals surface area contributed by atoms with Crippen molar-refractivity contribution in [2.24, 2.45) is 7.05 Å². The van der Waals surface area contributed by atoms with Crippen LogP contribution in [0.2, 0.25) is 0 Å². The van der Waals surface area contributed by atoms with Crippen molar-refractivity contribution >= 4 is 34.1 Å². The average Bonchev–Trinajstić information content (AvgIpc) is 3.44. The molecule has 0 radical (unpaired) electrons. The third kappa shape index (κ3) is 5.15. The summed E-state index contributed by atoms with van der Waals surface area (Å²) in [7, 11) is 4.96. The van der Waals surface area contributed by atoms with Gasteiger partial charge in [-0.15, -0.1) is 21.5 Å². The van der Waals surface area contributed by atoms with E-state index in [1.807, 2.05) is 23.6 Å². The normalized spacial score (nSPS) is 10.8. The van der Waals surface area contributed by atoms with Crippen LogP contribution < -0.4 is 14.8 Å². The standard InChI is InChI=1S/C22H20FN5O3S2/c1-28-20(13-4-7-15(23)8-5-13)26-27-22(28)33-12-19(29)25-21-24-16(11-32-21)14-6-9-17(30-2)18(10-14)31-3/h4-11H,12H2,1-3H3,(H,24,25,29). The highest BCUT2D eigenvalue weighted by molar-refractivity contribution is 7.99. The van der Waals surface area contributed by atoms with Gasteiger partial charge >= 0.3 is 0 Å². The Balaban J connectivity index is 1.38. The molecule has 4 rings (SSSR count). The molecule has 2 aromatic heterocycles. The van der Waals surface area contributed by atoms with Gasteiger partial charge in [0.2, 0.25) is 5.91 Å². The van der Waals surface area contributed by atoms with Crippen molar-refractivity contribution in [3.05, 3.63) is 53.7 Å². The third-order valence-corrected chi connectivity index (χ3v) is 6.48. The zero-order chi connectivity index (χ0) is 23.4. The van der Waals surface area contributed by atoms with Gasteiger partial charge in [-0.2, -0.15) is 0 Å². The Labute approximate surface area is 197 Å². The van der Waals surface area contributed by atoms with Crippen LogP contribution in [0.15, 0.2) is 53.0 Å². The summed E-state index contributed by atoms with van der Waals surface area (Å²) in [5, 5.41) is 14.0. The lowest BCUT2D eigenvalue weighted by Gasteiger charge is -2.08. The number of benzene rings is 2. The predicted molar refractivity (Wildman–Crippen MR) is 126 cm³/mol. The Morgan fingerprint density at radius 2 is 1.82 bits per heavy atom. The van der Waals surface area contributed by atoms with Crippen LogP contribution in [0.3, 0.4) is 0 Å². The summed E-state index contributed by atoms with van der Waals surface area (Å²) in [5.41, 5.74) is 2.32. The van der Waals surface area contributed by atoms with Gasteiger partial charge in [-0.3, -0.25) is 4.79 Å². The molecule has 1 N–H and O–H groups in total. The van der Waals surface area contributed by atoms with E-state index in [1.165, 1.54) is 35.2 Å². The lowest BCUT2D eigenvalue weighted by Crippen LogP contribution is -2.14. The number of amides is 1. The number of aromatic nitrogens is 4. The van der Waals surface area contributed by atoms with Crippen LogP contribution in [0, 0.1) is 5.82 Å². The Morgan fingerprint density at radius 3 is 2.55 bits per heavy atom. The number of nitrogens with zero attached hydrogens (tertiary/aromatic N) is 4. The Morgan fingerprint density at radius 1 is 1.09 bits per heavy atom. The largest absolute Gasteiger partial charge is 0.493 e. The molecule has 0 unspecified atom stereocenters. The number of hydrogen-bond donors (Lipinski definition) is 1. The first-order chi connectivity index (χ1) is 16.0. The molecule has 2 heterocycles. The fourth-order valence-electron chi connectivity index (χ4n) is 3.04. The van der Waals surface area contributed by atoms with E-state index in [1.54, 1.807) is 38.0 Å². The maximum Gasteiger partial charge on any atom is 0.236 e. The number of carbonyl (C=O) groups is 1. The van der Waals surface area contributed by atoms with Crippen molar-refractivity contribution in [3.8, 4) is 34.1 Å². The number of hydrogen-bond acceptors (Lipinski definition) is 8. The van der Waals surface area contributed by atoms with Gasteiger partial charge in [0.25, 0.3) is 0 Å². The van der Waals surface area contributed by atoms with Crippen LogP contribution in [0.4, 0.5) is 9.52 Å². The number of rotatable bonds is 8. The van der Waals surface area contributed by atoms with E-state index in [2.05, 4.69) is 20.5 Å². The maximum absolute atomic E-state index is 13.2. The zero-order valence-corrected chi connectivity index (χ0v) is 19.7. The van der Waals surface area contributed by atoms with Crippen molar-refractivity contribution in [2.45, 2.75) is 5.16 Å². The van der Waals surface area contributed by atoms with Gasteiger partial charge in [-0.05, 0) is 42.5 Å². The Kier molecular flexibility index (Phi) is 6.90. The van der Waals surface area contributed by atoms with Crippen molar-refractivity contribution < 1.29 is 18.7 Å². The van der Waals surface area contributed by atoms with Crippen LogP contribution >= 0.6 is 23.1 Å². The number of nitrogens with one attached hydrogen (secondary N) is 1. The van der Waals surface area contributed by atoms with Crippen LogP contribution in [0.1, 0.15) is 0 Å². The summed E-state index contributed by atoms with van der Waals surface area (Å²) in [6.07, 6.45) is 0. The van der Waals surface area contributed by atoms with Gasteiger partial charge in [0, 0.05) is 23.6 Å². The minimum atomic E-state index is -0.316.